The summed E-state index contributed by atoms with van der Waals surface area (Å²) in [5.74, 6) is 1.47. The molecule has 1 amide bonds. The highest BCUT2D eigenvalue weighted by molar-refractivity contribution is 14.0. The van der Waals surface area contributed by atoms with E-state index >= 15 is 0 Å². The van der Waals surface area contributed by atoms with Crippen molar-refractivity contribution >= 4 is 36.0 Å². The first-order chi connectivity index (χ1) is 10.3. The fourth-order valence-electron chi connectivity index (χ4n) is 2.71. The van der Waals surface area contributed by atoms with Gasteiger partial charge in [0.15, 0.2) is 5.96 Å². The summed E-state index contributed by atoms with van der Waals surface area (Å²) in [6, 6.07) is 0. The van der Waals surface area contributed by atoms with Crippen LogP contribution < -0.4 is 5.32 Å². The maximum atomic E-state index is 12.2. The molecule has 1 rings (SSSR count). The fraction of sp³-hybridized carbons (Fsp3) is 0.875. The minimum Gasteiger partial charge on any atom is -0.444 e. The summed E-state index contributed by atoms with van der Waals surface area (Å²) in [6.45, 7) is 11.1. The van der Waals surface area contributed by atoms with Crippen molar-refractivity contribution in [3.63, 3.8) is 0 Å². The molecule has 1 saturated heterocycles. The van der Waals surface area contributed by atoms with Crippen LogP contribution in [0.5, 0.6) is 0 Å². The summed E-state index contributed by atoms with van der Waals surface area (Å²) in [5.41, 5.74) is -0.437. The first-order valence-corrected chi connectivity index (χ1v) is 8.18. The van der Waals surface area contributed by atoms with Gasteiger partial charge in [-0.3, -0.25) is 4.99 Å². The summed E-state index contributed by atoms with van der Waals surface area (Å²) >= 11 is 0. The highest BCUT2D eigenvalue weighted by Crippen LogP contribution is 2.20. The Morgan fingerprint density at radius 3 is 2.30 bits per heavy atom. The number of nitrogens with zero attached hydrogens (tertiary/aromatic N) is 3. The lowest BCUT2D eigenvalue weighted by molar-refractivity contribution is 0.0214. The van der Waals surface area contributed by atoms with Crippen molar-refractivity contribution in [3.05, 3.63) is 0 Å². The largest absolute Gasteiger partial charge is 0.444 e. The fourth-order valence-corrected chi connectivity index (χ4v) is 2.71. The highest BCUT2D eigenvalue weighted by atomic mass is 127. The Hall–Kier alpha value is -0.730. The van der Waals surface area contributed by atoms with Crippen LogP contribution in [0.15, 0.2) is 4.99 Å². The molecule has 1 fully saturated rings. The molecule has 0 aliphatic carbocycles. The first kappa shape index (κ1) is 22.3. The number of rotatable bonds is 3. The van der Waals surface area contributed by atoms with Crippen LogP contribution in [-0.4, -0.2) is 67.7 Å². The summed E-state index contributed by atoms with van der Waals surface area (Å²) in [7, 11) is 3.70. The molecule has 1 aliphatic heterocycles. The molecule has 23 heavy (non-hydrogen) atoms. The molecule has 1 aliphatic rings. The molecule has 0 unspecified atom stereocenters. The third-order valence-electron chi connectivity index (χ3n) is 3.86. The molecular weight excluding hydrogens is 407 g/mol. The van der Waals surface area contributed by atoms with E-state index in [1.807, 2.05) is 39.6 Å². The lowest BCUT2D eigenvalue weighted by Crippen LogP contribution is -2.47. The molecule has 0 atom stereocenters. The van der Waals surface area contributed by atoms with Gasteiger partial charge < -0.3 is 19.9 Å². The number of likely N-dealkylation sites (tertiary alicyclic amines) is 1. The number of nitrogens with one attached hydrogen (secondary N) is 1. The van der Waals surface area contributed by atoms with E-state index in [9.17, 15) is 4.79 Å². The Morgan fingerprint density at radius 2 is 1.91 bits per heavy atom. The topological polar surface area (TPSA) is 57.2 Å². The van der Waals surface area contributed by atoms with Crippen molar-refractivity contribution in [2.75, 3.05) is 40.3 Å². The molecule has 6 nitrogen and oxygen atoms in total. The Balaban J connectivity index is 0.00000484. The van der Waals surface area contributed by atoms with Crippen LogP contribution in [0, 0.1) is 5.92 Å². The van der Waals surface area contributed by atoms with Crippen molar-refractivity contribution in [2.24, 2.45) is 10.9 Å². The molecule has 1 heterocycles. The van der Waals surface area contributed by atoms with Gasteiger partial charge in [-0.15, -0.1) is 24.0 Å². The van der Waals surface area contributed by atoms with Crippen molar-refractivity contribution in [1.29, 1.82) is 0 Å². The molecule has 0 aromatic rings. The molecule has 0 radical (unpaired) electrons. The van der Waals surface area contributed by atoms with E-state index in [4.69, 9.17) is 4.74 Å². The number of carbonyl (C=O) groups is 1. The zero-order valence-corrected chi connectivity index (χ0v) is 17.7. The quantitative estimate of drug-likeness (QED) is 0.417. The maximum Gasteiger partial charge on any atom is 0.410 e. The smallest absolute Gasteiger partial charge is 0.410 e. The summed E-state index contributed by atoms with van der Waals surface area (Å²) in [6.07, 6.45) is 1.93. The van der Waals surface area contributed by atoms with Gasteiger partial charge in [0, 0.05) is 40.3 Å². The predicted octanol–water partition coefficient (Wildman–Crippen LogP) is 2.78. The lowest BCUT2D eigenvalue weighted by atomic mass is 9.96. The van der Waals surface area contributed by atoms with E-state index in [-0.39, 0.29) is 30.1 Å². The van der Waals surface area contributed by atoms with Gasteiger partial charge in [0.05, 0.1) is 0 Å². The molecular formula is C16H33IN4O2. The molecule has 0 bridgehead atoms. The highest BCUT2D eigenvalue weighted by Gasteiger charge is 2.26. The predicted molar refractivity (Wildman–Crippen MR) is 106 cm³/mol. The molecule has 0 saturated carbocycles. The van der Waals surface area contributed by atoms with Crippen molar-refractivity contribution < 1.29 is 9.53 Å². The van der Waals surface area contributed by atoms with E-state index in [2.05, 4.69) is 15.2 Å². The number of amides is 1. The number of ether oxygens (including phenoxy) is 1. The zero-order valence-electron chi connectivity index (χ0n) is 15.4. The normalized spacial score (nSPS) is 16.6. The minimum atomic E-state index is -0.437. The van der Waals surface area contributed by atoms with Gasteiger partial charge in [0.25, 0.3) is 0 Å². The van der Waals surface area contributed by atoms with Crippen LogP contribution in [0.25, 0.3) is 0 Å². The van der Waals surface area contributed by atoms with Crippen LogP contribution in [0.2, 0.25) is 0 Å². The molecule has 136 valence electrons. The molecule has 0 aromatic heterocycles. The molecule has 7 heteroatoms. The second-order valence-corrected chi connectivity index (χ2v) is 6.75. The van der Waals surface area contributed by atoms with E-state index in [0.29, 0.717) is 12.5 Å². The Bertz CT molecular complexity index is 388. The number of halogens is 1. The van der Waals surface area contributed by atoms with Crippen LogP contribution in [0.1, 0.15) is 40.5 Å². The number of carbonyl (C=O) groups excluding carboxylic acids is 1. The van der Waals surface area contributed by atoms with E-state index < -0.39 is 5.60 Å². The van der Waals surface area contributed by atoms with Crippen molar-refractivity contribution in [2.45, 2.75) is 46.1 Å². The number of piperidine rings is 1. The van der Waals surface area contributed by atoms with Gasteiger partial charge in [-0.2, -0.15) is 0 Å². The molecule has 1 N–H and O–H groups in total. The first-order valence-electron chi connectivity index (χ1n) is 8.18. The van der Waals surface area contributed by atoms with Crippen LogP contribution in [0.4, 0.5) is 4.79 Å². The van der Waals surface area contributed by atoms with Gasteiger partial charge in [-0.1, -0.05) is 0 Å². The Labute approximate surface area is 158 Å². The van der Waals surface area contributed by atoms with Crippen LogP contribution >= 0.6 is 24.0 Å². The number of aliphatic imine (C=N–C) groups is 1. The van der Waals surface area contributed by atoms with Crippen molar-refractivity contribution in [3.8, 4) is 0 Å². The van der Waals surface area contributed by atoms with Gasteiger partial charge in [-0.05, 0) is 46.5 Å². The summed E-state index contributed by atoms with van der Waals surface area (Å²) in [4.78, 5) is 20.5. The minimum absolute atomic E-state index is 0. The van der Waals surface area contributed by atoms with Crippen LogP contribution in [-0.2, 0) is 4.74 Å². The summed E-state index contributed by atoms with van der Waals surface area (Å²) < 4.78 is 5.47. The molecule has 0 aromatic carbocycles. The third-order valence-corrected chi connectivity index (χ3v) is 3.86. The third kappa shape index (κ3) is 7.58. The second kappa shape index (κ2) is 10.2. The second-order valence-electron chi connectivity index (χ2n) is 6.75. The lowest BCUT2D eigenvalue weighted by Gasteiger charge is -2.36. The number of guanidine groups is 1. The van der Waals surface area contributed by atoms with E-state index in [1.165, 1.54) is 0 Å². The standard InChI is InChI=1S/C16H32N4O2.HI/c1-7-19(15(21)22-16(2,3)4)12-13-8-10-20(11-9-13)14(17-5)18-6;/h13H,7-12H2,1-6H3,(H,17,18);1H. The Morgan fingerprint density at radius 1 is 1.35 bits per heavy atom. The van der Waals surface area contributed by atoms with Gasteiger partial charge in [0.1, 0.15) is 5.60 Å². The average molecular weight is 440 g/mol. The van der Waals surface area contributed by atoms with E-state index in [0.717, 1.165) is 38.4 Å². The zero-order chi connectivity index (χ0) is 16.8. The monoisotopic (exact) mass is 440 g/mol. The van der Waals surface area contributed by atoms with Gasteiger partial charge in [0.2, 0.25) is 0 Å². The number of hydrogen-bond donors (Lipinski definition) is 1. The SMILES string of the molecule is CCN(CC1CCN(C(=NC)NC)CC1)C(=O)OC(C)(C)C.I. The number of hydrogen-bond acceptors (Lipinski definition) is 3. The maximum absolute atomic E-state index is 12.2. The van der Waals surface area contributed by atoms with Gasteiger partial charge in [-0.25, -0.2) is 4.79 Å². The Kier molecular flexibility index (Phi) is 9.88. The molecule has 0 spiro atoms. The van der Waals surface area contributed by atoms with E-state index in [1.54, 1.807) is 7.05 Å². The van der Waals surface area contributed by atoms with Crippen LogP contribution in [0.3, 0.4) is 0 Å². The summed E-state index contributed by atoms with van der Waals surface area (Å²) in [5, 5.41) is 3.12. The van der Waals surface area contributed by atoms with Gasteiger partial charge >= 0.3 is 6.09 Å². The van der Waals surface area contributed by atoms with Crippen molar-refractivity contribution in [1.82, 2.24) is 15.1 Å². The average Bonchev–Trinajstić information content (AvgIpc) is 2.45.